The first-order valence-corrected chi connectivity index (χ1v) is 8.40. The Hall–Kier alpha value is -3.28. The number of para-hydroxylation sites is 2. The molecular formula is C20H20N2O4. The minimum absolute atomic E-state index is 0.187. The van der Waals surface area contributed by atoms with Crippen LogP contribution in [-0.4, -0.2) is 22.3 Å². The highest BCUT2D eigenvalue weighted by Crippen LogP contribution is 2.08. The zero-order chi connectivity index (χ0) is 18.2. The summed E-state index contributed by atoms with van der Waals surface area (Å²) in [5.41, 5.74) is -0.710. The number of nitrogens with zero attached hydrogens (tertiary/aromatic N) is 2. The maximum atomic E-state index is 12.5. The summed E-state index contributed by atoms with van der Waals surface area (Å²) >= 11 is 0. The molecule has 3 aromatic rings. The lowest BCUT2D eigenvalue weighted by atomic mass is 10.3. The largest absolute Gasteiger partial charge is 0.492 e. The van der Waals surface area contributed by atoms with Crippen LogP contribution in [-0.2, 0) is 13.1 Å². The van der Waals surface area contributed by atoms with Crippen molar-refractivity contribution in [2.24, 2.45) is 0 Å². The first-order chi connectivity index (χ1) is 12.7. The van der Waals surface area contributed by atoms with Gasteiger partial charge in [-0.2, -0.15) is 0 Å². The molecule has 1 aromatic heterocycles. The Morgan fingerprint density at radius 1 is 0.692 bits per heavy atom. The van der Waals surface area contributed by atoms with Crippen molar-refractivity contribution in [2.75, 3.05) is 13.2 Å². The first kappa shape index (κ1) is 17.5. The van der Waals surface area contributed by atoms with E-state index in [1.54, 1.807) is 0 Å². The maximum absolute atomic E-state index is 12.5. The van der Waals surface area contributed by atoms with Crippen LogP contribution < -0.4 is 20.7 Å². The van der Waals surface area contributed by atoms with Gasteiger partial charge < -0.3 is 9.47 Å². The average Bonchev–Trinajstić information content (AvgIpc) is 2.68. The minimum Gasteiger partial charge on any atom is -0.492 e. The molecule has 0 amide bonds. The molecule has 0 N–H and O–H groups in total. The number of ether oxygens (including phenoxy) is 2. The molecule has 134 valence electrons. The molecule has 0 radical (unpaired) electrons. The number of aromatic nitrogens is 2. The normalized spacial score (nSPS) is 10.5. The van der Waals surface area contributed by atoms with Gasteiger partial charge in [0.25, 0.3) is 5.56 Å². The Kier molecular flexibility index (Phi) is 5.88. The second-order valence-corrected chi connectivity index (χ2v) is 5.60. The molecule has 0 unspecified atom stereocenters. The second-order valence-electron chi connectivity index (χ2n) is 5.60. The molecule has 0 fully saturated rings. The number of benzene rings is 2. The van der Waals surface area contributed by atoms with E-state index >= 15 is 0 Å². The van der Waals surface area contributed by atoms with Crippen molar-refractivity contribution in [3.8, 4) is 11.5 Å². The summed E-state index contributed by atoms with van der Waals surface area (Å²) in [4.78, 5) is 24.5. The molecule has 6 nitrogen and oxygen atoms in total. The van der Waals surface area contributed by atoms with Crippen molar-refractivity contribution in [3.63, 3.8) is 0 Å². The van der Waals surface area contributed by atoms with Gasteiger partial charge in [-0.3, -0.25) is 13.9 Å². The first-order valence-electron chi connectivity index (χ1n) is 8.40. The zero-order valence-corrected chi connectivity index (χ0v) is 14.3. The third kappa shape index (κ3) is 4.63. The van der Waals surface area contributed by atoms with Crippen LogP contribution in [0.2, 0.25) is 0 Å². The van der Waals surface area contributed by atoms with Crippen molar-refractivity contribution in [1.29, 1.82) is 0 Å². The van der Waals surface area contributed by atoms with Gasteiger partial charge in [-0.05, 0) is 24.3 Å². The summed E-state index contributed by atoms with van der Waals surface area (Å²) in [6.07, 6.45) is 1.49. The molecule has 0 aliphatic rings. The van der Waals surface area contributed by atoms with Gasteiger partial charge in [0, 0.05) is 12.3 Å². The number of hydrogen-bond acceptors (Lipinski definition) is 4. The Morgan fingerprint density at radius 3 is 1.81 bits per heavy atom. The Labute approximate surface area is 150 Å². The summed E-state index contributed by atoms with van der Waals surface area (Å²) < 4.78 is 13.8. The van der Waals surface area contributed by atoms with Crippen molar-refractivity contribution < 1.29 is 9.47 Å². The lowest BCUT2D eigenvalue weighted by molar-refractivity contribution is 0.281. The van der Waals surface area contributed by atoms with Crippen LogP contribution in [0, 0.1) is 0 Å². The predicted molar refractivity (Wildman–Crippen MR) is 98.8 cm³/mol. The van der Waals surface area contributed by atoms with E-state index < -0.39 is 0 Å². The Balaban J connectivity index is 1.60. The highest BCUT2D eigenvalue weighted by atomic mass is 16.5. The molecule has 0 saturated heterocycles. The molecule has 26 heavy (non-hydrogen) atoms. The topological polar surface area (TPSA) is 62.5 Å². The van der Waals surface area contributed by atoms with E-state index in [9.17, 15) is 9.59 Å². The lowest BCUT2D eigenvalue weighted by Crippen LogP contribution is -2.40. The van der Waals surface area contributed by atoms with Crippen molar-refractivity contribution in [2.45, 2.75) is 13.1 Å². The fourth-order valence-corrected chi connectivity index (χ4v) is 2.48. The van der Waals surface area contributed by atoms with Crippen molar-refractivity contribution in [1.82, 2.24) is 9.13 Å². The van der Waals surface area contributed by atoms with E-state index in [2.05, 4.69) is 0 Å². The predicted octanol–water partition coefficient (Wildman–Crippen LogP) is 2.17. The van der Waals surface area contributed by atoms with Gasteiger partial charge in [0.2, 0.25) is 0 Å². The third-order valence-corrected chi connectivity index (χ3v) is 3.81. The van der Waals surface area contributed by atoms with Crippen LogP contribution in [0.5, 0.6) is 11.5 Å². The standard InChI is InChI=1S/C20H20N2O4/c23-19-11-12-21(13-15-25-17-7-3-1-4-8-17)20(24)22(19)14-16-26-18-9-5-2-6-10-18/h1-12H,13-16H2. The molecule has 3 rings (SSSR count). The van der Waals surface area contributed by atoms with E-state index in [4.69, 9.17) is 9.47 Å². The highest BCUT2D eigenvalue weighted by Gasteiger charge is 2.06. The second kappa shape index (κ2) is 8.71. The van der Waals surface area contributed by atoms with E-state index in [0.29, 0.717) is 18.9 Å². The fourth-order valence-electron chi connectivity index (χ4n) is 2.48. The quantitative estimate of drug-likeness (QED) is 0.623. The summed E-state index contributed by atoms with van der Waals surface area (Å²) in [7, 11) is 0. The van der Waals surface area contributed by atoms with E-state index in [1.807, 2.05) is 60.7 Å². The average molecular weight is 352 g/mol. The van der Waals surface area contributed by atoms with Crippen LogP contribution in [0.15, 0.2) is 82.5 Å². The summed E-state index contributed by atoms with van der Waals surface area (Å²) in [6.45, 7) is 1.12. The van der Waals surface area contributed by atoms with Crippen LogP contribution in [0.1, 0.15) is 0 Å². The fraction of sp³-hybridized carbons (Fsp3) is 0.200. The van der Waals surface area contributed by atoms with Gasteiger partial charge in [0.15, 0.2) is 0 Å². The number of hydrogen-bond donors (Lipinski definition) is 0. The van der Waals surface area contributed by atoms with Gasteiger partial charge in [0.1, 0.15) is 24.7 Å². The minimum atomic E-state index is -0.370. The lowest BCUT2D eigenvalue weighted by Gasteiger charge is -2.11. The zero-order valence-electron chi connectivity index (χ0n) is 14.3. The van der Waals surface area contributed by atoms with Crippen LogP contribution in [0.3, 0.4) is 0 Å². The molecular weight excluding hydrogens is 332 g/mol. The molecule has 0 bridgehead atoms. The van der Waals surface area contributed by atoms with E-state index in [0.717, 1.165) is 5.75 Å². The SMILES string of the molecule is O=c1ccn(CCOc2ccccc2)c(=O)n1CCOc1ccccc1. The summed E-state index contributed by atoms with van der Waals surface area (Å²) in [6, 6.07) is 20.0. The van der Waals surface area contributed by atoms with Gasteiger partial charge in [0.05, 0.1) is 13.1 Å². The molecule has 0 aliphatic heterocycles. The molecule has 0 aliphatic carbocycles. The van der Waals surface area contributed by atoms with Crippen molar-refractivity contribution >= 4 is 0 Å². The Bertz CT molecular complexity index is 933. The smallest absolute Gasteiger partial charge is 0.331 e. The van der Waals surface area contributed by atoms with Gasteiger partial charge >= 0.3 is 5.69 Å². The van der Waals surface area contributed by atoms with Crippen molar-refractivity contribution in [3.05, 3.63) is 93.8 Å². The van der Waals surface area contributed by atoms with E-state index in [-0.39, 0.29) is 24.4 Å². The molecule has 0 saturated carbocycles. The molecule has 0 spiro atoms. The highest BCUT2D eigenvalue weighted by molar-refractivity contribution is 5.21. The third-order valence-electron chi connectivity index (χ3n) is 3.81. The van der Waals surface area contributed by atoms with Crippen LogP contribution >= 0.6 is 0 Å². The van der Waals surface area contributed by atoms with Crippen LogP contribution in [0.4, 0.5) is 0 Å². The van der Waals surface area contributed by atoms with E-state index in [1.165, 1.54) is 21.4 Å². The van der Waals surface area contributed by atoms with Crippen LogP contribution in [0.25, 0.3) is 0 Å². The maximum Gasteiger partial charge on any atom is 0.331 e. The molecule has 1 heterocycles. The summed E-state index contributed by atoms with van der Waals surface area (Å²) in [5.74, 6) is 1.44. The Morgan fingerprint density at radius 2 is 1.23 bits per heavy atom. The monoisotopic (exact) mass is 352 g/mol. The van der Waals surface area contributed by atoms with Gasteiger partial charge in [-0.15, -0.1) is 0 Å². The van der Waals surface area contributed by atoms with Gasteiger partial charge in [-0.1, -0.05) is 36.4 Å². The molecule has 0 atom stereocenters. The molecule has 2 aromatic carbocycles. The summed E-state index contributed by atoms with van der Waals surface area (Å²) in [5, 5.41) is 0. The molecule has 6 heteroatoms. The number of rotatable bonds is 8. The van der Waals surface area contributed by atoms with Gasteiger partial charge in [-0.25, -0.2) is 4.79 Å².